The zero-order chi connectivity index (χ0) is 8.55. The van der Waals surface area contributed by atoms with E-state index in [1.807, 2.05) is 13.0 Å². The molecule has 0 saturated heterocycles. The Balaban J connectivity index is 2.51. The molecule has 12 heavy (non-hydrogen) atoms. The van der Waals surface area contributed by atoms with Crippen LogP contribution in [0.1, 0.15) is 6.92 Å². The normalized spacial score (nSPS) is 14.7. The maximum absolute atomic E-state index is 5.76. The fourth-order valence-corrected chi connectivity index (χ4v) is 1.78. The van der Waals surface area contributed by atoms with Crippen molar-refractivity contribution in [3.63, 3.8) is 0 Å². The molecule has 0 radical (unpaired) electrons. The first-order valence-electron chi connectivity index (χ1n) is 3.39. The molecule has 0 aliphatic carbocycles. The number of hydrogen-bond donors (Lipinski definition) is 1. The van der Waals surface area contributed by atoms with Gasteiger partial charge in [0.05, 0.1) is 9.92 Å². The lowest BCUT2D eigenvalue weighted by Gasteiger charge is -2.12. The Labute approximate surface area is 79.4 Å². The zero-order valence-electron chi connectivity index (χ0n) is 6.34. The molecule has 5 heteroatoms. The highest BCUT2D eigenvalue weighted by Crippen LogP contribution is 2.30. The van der Waals surface area contributed by atoms with E-state index >= 15 is 0 Å². The zero-order valence-corrected chi connectivity index (χ0v) is 7.91. The molecule has 0 fully saturated rings. The van der Waals surface area contributed by atoms with E-state index in [1.54, 1.807) is 6.20 Å². The summed E-state index contributed by atoms with van der Waals surface area (Å²) in [5.74, 6) is 1.60. The van der Waals surface area contributed by atoms with E-state index in [0.29, 0.717) is 5.02 Å². The lowest BCUT2D eigenvalue weighted by atomic mass is 10.4. The van der Waals surface area contributed by atoms with Crippen molar-refractivity contribution in [3.8, 4) is 0 Å². The van der Waals surface area contributed by atoms with Crippen LogP contribution in [0.25, 0.3) is 0 Å². The third-order valence-electron chi connectivity index (χ3n) is 1.38. The van der Waals surface area contributed by atoms with Gasteiger partial charge in [0.25, 0.3) is 0 Å². The number of fused-ring (bicyclic) bond motifs is 1. The second-order valence-corrected chi connectivity index (χ2v) is 3.66. The molecular weight excluding hydrogens is 194 g/mol. The predicted molar refractivity (Wildman–Crippen MR) is 51.0 cm³/mol. The van der Waals surface area contributed by atoms with Gasteiger partial charge < -0.3 is 4.72 Å². The number of nitrogens with one attached hydrogen (secondary N) is 1. The van der Waals surface area contributed by atoms with Crippen molar-refractivity contribution in [2.24, 2.45) is 4.99 Å². The monoisotopic (exact) mass is 199 g/mol. The summed E-state index contributed by atoms with van der Waals surface area (Å²) in [5.41, 5.74) is 0. The molecule has 0 bridgehead atoms. The number of aliphatic imine (C=N–C) groups is 1. The molecule has 2 rings (SSSR count). The average Bonchev–Trinajstić information content (AvgIpc) is 2.05. The standard InChI is InChI=1S/C7H6ClN3S/c1-4-10-7-6(12-11-4)2-5(8)3-9-7/h2-3H,1H3,(H,9,10,11). The minimum atomic E-state index is 0.637. The van der Waals surface area contributed by atoms with Crippen molar-refractivity contribution < 1.29 is 0 Å². The van der Waals surface area contributed by atoms with E-state index in [0.717, 1.165) is 16.5 Å². The van der Waals surface area contributed by atoms with Crippen LogP contribution in [0, 0.1) is 0 Å². The fraction of sp³-hybridized carbons (Fsp3) is 0.143. The van der Waals surface area contributed by atoms with Gasteiger partial charge in [-0.25, -0.2) is 9.98 Å². The van der Waals surface area contributed by atoms with Gasteiger partial charge in [0.1, 0.15) is 5.84 Å². The lowest BCUT2D eigenvalue weighted by Crippen LogP contribution is -2.14. The highest BCUT2D eigenvalue weighted by atomic mass is 35.5. The third kappa shape index (κ3) is 1.40. The summed E-state index contributed by atoms with van der Waals surface area (Å²) in [6.07, 6.45) is 1.60. The molecule has 1 aliphatic rings. The average molecular weight is 200 g/mol. The van der Waals surface area contributed by atoms with Crippen molar-refractivity contribution in [3.05, 3.63) is 17.3 Å². The van der Waals surface area contributed by atoms with Crippen LogP contribution in [-0.2, 0) is 0 Å². The molecule has 1 aromatic heterocycles. The van der Waals surface area contributed by atoms with Crippen LogP contribution < -0.4 is 4.72 Å². The molecule has 1 N–H and O–H groups in total. The molecule has 0 saturated carbocycles. The number of nitrogens with zero attached hydrogens (tertiary/aromatic N) is 2. The molecule has 0 spiro atoms. The first kappa shape index (κ1) is 7.89. The van der Waals surface area contributed by atoms with Crippen molar-refractivity contribution in [2.45, 2.75) is 11.8 Å². The number of pyridine rings is 1. The van der Waals surface area contributed by atoms with Gasteiger partial charge in [-0.05, 0) is 24.9 Å². The van der Waals surface area contributed by atoms with Gasteiger partial charge in [0.15, 0.2) is 5.82 Å². The molecule has 1 aromatic rings. The van der Waals surface area contributed by atoms with E-state index in [9.17, 15) is 0 Å². The predicted octanol–water partition coefficient (Wildman–Crippen LogP) is 2.40. The highest BCUT2D eigenvalue weighted by molar-refractivity contribution is 7.98. The van der Waals surface area contributed by atoms with Gasteiger partial charge in [0.2, 0.25) is 0 Å². The summed E-state index contributed by atoms with van der Waals surface area (Å²) in [4.78, 5) is 9.26. The Morgan fingerprint density at radius 2 is 2.42 bits per heavy atom. The minimum absolute atomic E-state index is 0.637. The number of amidine groups is 1. The minimum Gasteiger partial charge on any atom is -0.314 e. The largest absolute Gasteiger partial charge is 0.314 e. The van der Waals surface area contributed by atoms with Gasteiger partial charge in [-0.3, -0.25) is 0 Å². The molecule has 0 aromatic carbocycles. The summed E-state index contributed by atoms with van der Waals surface area (Å²) in [5, 5.41) is 0.637. The van der Waals surface area contributed by atoms with Gasteiger partial charge in [-0.2, -0.15) is 0 Å². The van der Waals surface area contributed by atoms with Crippen LogP contribution in [0.4, 0.5) is 5.82 Å². The molecule has 1 aliphatic heterocycles. The van der Waals surface area contributed by atoms with Crippen molar-refractivity contribution >= 4 is 35.2 Å². The Hall–Kier alpha value is -0.740. The molecule has 62 valence electrons. The summed E-state index contributed by atoms with van der Waals surface area (Å²) in [7, 11) is 0. The van der Waals surface area contributed by atoms with Gasteiger partial charge in [-0.1, -0.05) is 11.6 Å². The molecule has 0 unspecified atom stereocenters. The Morgan fingerprint density at radius 1 is 1.58 bits per heavy atom. The second-order valence-electron chi connectivity index (χ2n) is 2.38. The van der Waals surface area contributed by atoms with E-state index in [4.69, 9.17) is 11.6 Å². The molecule has 3 nitrogen and oxygen atoms in total. The topological polar surface area (TPSA) is 37.3 Å². The smallest absolute Gasteiger partial charge is 0.169 e. The first-order chi connectivity index (χ1) is 5.75. The van der Waals surface area contributed by atoms with Gasteiger partial charge in [0, 0.05) is 6.20 Å². The van der Waals surface area contributed by atoms with E-state index < -0.39 is 0 Å². The molecule has 0 atom stereocenters. The number of rotatable bonds is 0. The van der Waals surface area contributed by atoms with Gasteiger partial charge in [-0.15, -0.1) is 0 Å². The second kappa shape index (κ2) is 2.95. The summed E-state index contributed by atoms with van der Waals surface area (Å²) in [6.45, 7) is 1.90. The van der Waals surface area contributed by atoms with Crippen LogP contribution in [0.3, 0.4) is 0 Å². The van der Waals surface area contributed by atoms with Crippen LogP contribution >= 0.6 is 23.5 Å². The van der Waals surface area contributed by atoms with Crippen LogP contribution in [0.15, 0.2) is 22.2 Å². The lowest BCUT2D eigenvalue weighted by molar-refractivity contribution is 1.16. The molecular formula is C7H6ClN3S. The third-order valence-corrected chi connectivity index (χ3v) is 2.51. The van der Waals surface area contributed by atoms with Crippen molar-refractivity contribution in [1.82, 2.24) is 9.71 Å². The number of aromatic nitrogens is 1. The van der Waals surface area contributed by atoms with Crippen molar-refractivity contribution in [1.29, 1.82) is 0 Å². The molecule has 2 heterocycles. The number of hydrogen-bond acceptors (Lipinski definition) is 4. The summed E-state index contributed by atoms with van der Waals surface area (Å²) in [6, 6.07) is 1.84. The van der Waals surface area contributed by atoms with E-state index in [-0.39, 0.29) is 0 Å². The number of halogens is 1. The Kier molecular flexibility index (Phi) is 1.94. The van der Waals surface area contributed by atoms with E-state index in [1.165, 1.54) is 11.9 Å². The maximum atomic E-state index is 5.76. The van der Waals surface area contributed by atoms with Crippen LogP contribution in [-0.4, -0.2) is 10.8 Å². The Bertz CT molecular complexity index is 351. The SMILES string of the molecule is CC1=Nc2ncc(Cl)cc2SN1. The summed E-state index contributed by atoms with van der Waals surface area (Å²) >= 11 is 7.24. The highest BCUT2D eigenvalue weighted by Gasteiger charge is 2.10. The van der Waals surface area contributed by atoms with E-state index in [2.05, 4.69) is 14.7 Å². The Morgan fingerprint density at radius 3 is 3.25 bits per heavy atom. The summed E-state index contributed by atoms with van der Waals surface area (Å²) < 4.78 is 3.03. The quantitative estimate of drug-likeness (QED) is 0.652. The van der Waals surface area contributed by atoms with Gasteiger partial charge >= 0.3 is 0 Å². The van der Waals surface area contributed by atoms with Crippen LogP contribution in [0.5, 0.6) is 0 Å². The maximum Gasteiger partial charge on any atom is 0.169 e. The van der Waals surface area contributed by atoms with Crippen molar-refractivity contribution in [2.75, 3.05) is 0 Å². The molecule has 0 amide bonds. The first-order valence-corrected chi connectivity index (χ1v) is 4.59. The van der Waals surface area contributed by atoms with Crippen LogP contribution in [0.2, 0.25) is 5.02 Å². The fourth-order valence-electron chi connectivity index (χ4n) is 0.883.